The van der Waals surface area contributed by atoms with Crippen molar-refractivity contribution in [2.24, 2.45) is 0 Å². The molecule has 0 radical (unpaired) electrons. The van der Waals surface area contributed by atoms with E-state index in [1.807, 2.05) is 30.4 Å². The molecule has 0 bridgehead atoms. The highest BCUT2D eigenvalue weighted by atomic mass is 16.6. The second kappa shape index (κ2) is 22.1. The molecular weight excluding hydrogens is 472 g/mol. The molecule has 37 heavy (non-hydrogen) atoms. The molecule has 0 unspecified atom stereocenters. The molecule has 7 heteroatoms. The Kier molecular flexibility index (Phi) is 18.7. The third kappa shape index (κ3) is 15.8. The number of unbranched alkanes of at least 4 members (excludes halogenated alkanes) is 8. The van der Waals surface area contributed by atoms with E-state index in [1.54, 1.807) is 0 Å². The summed E-state index contributed by atoms with van der Waals surface area (Å²) >= 11 is 0. The van der Waals surface area contributed by atoms with Crippen molar-refractivity contribution in [3.63, 3.8) is 0 Å². The molecule has 0 fully saturated rings. The maximum absolute atomic E-state index is 12.8. The Balaban J connectivity index is 1.82. The number of carbonyl (C=O) groups excluding carboxylic acids is 1. The van der Waals surface area contributed by atoms with E-state index in [0.29, 0.717) is 89.6 Å². The van der Waals surface area contributed by atoms with Crippen molar-refractivity contribution in [2.75, 3.05) is 66.1 Å². The van der Waals surface area contributed by atoms with Gasteiger partial charge in [-0.15, -0.1) is 0 Å². The molecule has 0 amide bonds. The Bertz CT molecular complexity index is 723. The highest BCUT2D eigenvalue weighted by Gasteiger charge is 2.11. The van der Waals surface area contributed by atoms with Gasteiger partial charge in [-0.05, 0) is 24.6 Å². The van der Waals surface area contributed by atoms with Gasteiger partial charge in [-0.1, -0.05) is 70.4 Å². The minimum absolute atomic E-state index is 0.160. The lowest BCUT2D eigenvalue weighted by Gasteiger charge is -2.15. The minimum Gasteiger partial charge on any atom is -0.487 e. The molecule has 0 aromatic rings. The van der Waals surface area contributed by atoms with Crippen LogP contribution in [-0.2, 0) is 33.2 Å². The third-order valence-corrected chi connectivity index (χ3v) is 6.10. The highest BCUT2D eigenvalue weighted by molar-refractivity contribution is 5.98. The molecule has 0 spiro atoms. The van der Waals surface area contributed by atoms with E-state index in [-0.39, 0.29) is 5.78 Å². The number of hydrogen-bond acceptors (Lipinski definition) is 7. The van der Waals surface area contributed by atoms with E-state index >= 15 is 0 Å². The maximum atomic E-state index is 12.8. The first-order chi connectivity index (χ1) is 18.3. The second-order valence-corrected chi connectivity index (χ2v) is 9.19. The molecule has 1 heterocycles. The van der Waals surface area contributed by atoms with Crippen LogP contribution in [-0.4, -0.2) is 71.9 Å². The van der Waals surface area contributed by atoms with E-state index in [4.69, 9.17) is 28.4 Å². The van der Waals surface area contributed by atoms with Gasteiger partial charge >= 0.3 is 0 Å². The number of Topliss-reactive ketones (excluding diaryl/α,β-unsaturated/α-hetero) is 1. The van der Waals surface area contributed by atoms with Crippen LogP contribution in [0.5, 0.6) is 0 Å². The predicted octanol–water partition coefficient (Wildman–Crippen LogP) is 5.85. The van der Waals surface area contributed by atoms with Crippen LogP contribution in [0.1, 0.15) is 71.1 Å². The zero-order valence-electron chi connectivity index (χ0n) is 22.9. The molecule has 210 valence electrons. The Labute approximate surface area is 223 Å². The van der Waals surface area contributed by atoms with Gasteiger partial charge in [-0.25, -0.2) is 0 Å². The van der Waals surface area contributed by atoms with Crippen LogP contribution in [0.15, 0.2) is 47.5 Å². The van der Waals surface area contributed by atoms with Crippen LogP contribution < -0.4 is 0 Å². The normalized spacial score (nSPS) is 24.0. The number of carbonyl (C=O) groups is 1. The van der Waals surface area contributed by atoms with Gasteiger partial charge in [0.05, 0.1) is 52.9 Å². The first-order valence-corrected chi connectivity index (χ1v) is 14.2. The van der Waals surface area contributed by atoms with Crippen molar-refractivity contribution in [3.05, 3.63) is 47.5 Å². The molecule has 2 rings (SSSR count). The van der Waals surface area contributed by atoms with Crippen LogP contribution >= 0.6 is 0 Å². The number of rotatable bonds is 11. The van der Waals surface area contributed by atoms with Crippen LogP contribution in [0.2, 0.25) is 0 Å². The van der Waals surface area contributed by atoms with Gasteiger partial charge in [-0.3, -0.25) is 4.79 Å². The van der Waals surface area contributed by atoms with Crippen molar-refractivity contribution < 1.29 is 33.2 Å². The first-order valence-electron chi connectivity index (χ1n) is 14.2. The number of hydrogen-bond donors (Lipinski definition) is 0. The Morgan fingerprint density at radius 1 is 0.595 bits per heavy atom. The molecule has 0 N–H and O–H groups in total. The van der Waals surface area contributed by atoms with E-state index in [1.165, 1.54) is 44.9 Å². The van der Waals surface area contributed by atoms with E-state index in [2.05, 4.69) is 6.92 Å². The monoisotopic (exact) mass is 520 g/mol. The van der Waals surface area contributed by atoms with Gasteiger partial charge in [0, 0.05) is 12.0 Å². The fraction of sp³-hybridized carbons (Fsp3) is 0.700. The van der Waals surface area contributed by atoms with E-state index in [0.717, 1.165) is 12.8 Å². The van der Waals surface area contributed by atoms with Crippen molar-refractivity contribution in [3.8, 4) is 0 Å². The average Bonchev–Trinajstić information content (AvgIpc) is 2.89. The van der Waals surface area contributed by atoms with Crippen LogP contribution in [0.4, 0.5) is 0 Å². The predicted molar refractivity (Wildman–Crippen MR) is 145 cm³/mol. The summed E-state index contributed by atoms with van der Waals surface area (Å²) < 4.78 is 34.0. The zero-order valence-corrected chi connectivity index (χ0v) is 22.9. The summed E-state index contributed by atoms with van der Waals surface area (Å²) in [6.45, 7) is 6.94. The summed E-state index contributed by atoms with van der Waals surface area (Å²) in [4.78, 5) is 12.8. The smallest absolute Gasteiger partial charge is 0.162 e. The average molecular weight is 521 g/mol. The summed E-state index contributed by atoms with van der Waals surface area (Å²) in [5.74, 6) is 1.33. The first kappa shape index (κ1) is 31.3. The molecule has 0 aromatic heterocycles. The minimum atomic E-state index is 0.160. The van der Waals surface area contributed by atoms with Gasteiger partial charge < -0.3 is 28.4 Å². The fourth-order valence-electron chi connectivity index (χ4n) is 3.97. The number of ether oxygens (including phenoxy) is 6. The lowest BCUT2D eigenvalue weighted by Crippen LogP contribution is -2.15. The molecule has 0 saturated heterocycles. The molecule has 0 atom stereocenters. The van der Waals surface area contributed by atoms with E-state index < -0.39 is 0 Å². The quantitative estimate of drug-likeness (QED) is 0.316. The SMILES string of the molecule is CCCCCCCCCCCC(=O)C1=C/C=C/C2=C(\C=C\1)OCCOCCOCCOCCOCCO2. The molecule has 7 nitrogen and oxygen atoms in total. The van der Waals surface area contributed by atoms with Gasteiger partial charge in [0.15, 0.2) is 17.3 Å². The molecule has 0 saturated carbocycles. The number of ketones is 1. The molecule has 0 aromatic carbocycles. The van der Waals surface area contributed by atoms with E-state index in [9.17, 15) is 4.79 Å². The topological polar surface area (TPSA) is 72.5 Å². The van der Waals surface area contributed by atoms with Crippen LogP contribution in [0, 0.1) is 0 Å². The Morgan fingerprint density at radius 2 is 1.05 bits per heavy atom. The zero-order chi connectivity index (χ0) is 26.2. The summed E-state index contributed by atoms with van der Waals surface area (Å²) in [6.07, 6.45) is 20.9. The van der Waals surface area contributed by atoms with Gasteiger partial charge in [-0.2, -0.15) is 0 Å². The largest absolute Gasteiger partial charge is 0.487 e. The Hall–Kier alpha value is -1.93. The second-order valence-electron chi connectivity index (χ2n) is 9.19. The highest BCUT2D eigenvalue weighted by Crippen LogP contribution is 2.18. The Morgan fingerprint density at radius 3 is 1.59 bits per heavy atom. The standard InChI is InChI=1S/C30H48O7/c1-2-3-4-5-6-7-8-9-10-13-28(31)27-12-11-14-29-30(16-15-27)37-26-24-35-22-20-33-18-17-32-19-21-34-23-25-36-29/h11-12,14-16H,2-10,13,17-26H2,1H3/b12-11?,14-11+,16-15+,27-12+,27-15?,29-14?,30-16?,30-29-. The molecule has 2 aliphatic rings. The summed E-state index contributed by atoms with van der Waals surface area (Å²) in [7, 11) is 0. The van der Waals surface area contributed by atoms with Gasteiger partial charge in [0.1, 0.15) is 13.2 Å². The van der Waals surface area contributed by atoms with Gasteiger partial charge in [0.25, 0.3) is 0 Å². The summed E-state index contributed by atoms with van der Waals surface area (Å²) in [5.41, 5.74) is 0.683. The van der Waals surface area contributed by atoms with Crippen LogP contribution in [0.25, 0.3) is 0 Å². The molecule has 1 aliphatic heterocycles. The molecule has 1 aliphatic carbocycles. The summed E-state index contributed by atoms with van der Waals surface area (Å²) in [5, 5.41) is 0. The fourth-order valence-corrected chi connectivity index (χ4v) is 3.97. The van der Waals surface area contributed by atoms with Crippen molar-refractivity contribution >= 4 is 5.78 Å². The lowest BCUT2D eigenvalue weighted by atomic mass is 10.0. The summed E-state index contributed by atoms with van der Waals surface area (Å²) in [6, 6.07) is 0. The van der Waals surface area contributed by atoms with Crippen molar-refractivity contribution in [1.82, 2.24) is 0 Å². The van der Waals surface area contributed by atoms with Crippen LogP contribution in [0.3, 0.4) is 0 Å². The molecular formula is C30H48O7. The number of allylic oxidation sites excluding steroid dienone is 6. The maximum Gasteiger partial charge on any atom is 0.162 e. The lowest BCUT2D eigenvalue weighted by molar-refractivity contribution is -0.115. The van der Waals surface area contributed by atoms with Crippen molar-refractivity contribution in [1.29, 1.82) is 0 Å². The third-order valence-electron chi connectivity index (χ3n) is 6.10. The van der Waals surface area contributed by atoms with Gasteiger partial charge in [0.2, 0.25) is 0 Å². The van der Waals surface area contributed by atoms with Crippen molar-refractivity contribution in [2.45, 2.75) is 71.1 Å².